The van der Waals surface area contributed by atoms with Gasteiger partial charge in [0, 0.05) is 0 Å². The average molecular weight is 300 g/mol. The van der Waals surface area contributed by atoms with E-state index >= 15 is 0 Å². The lowest BCUT2D eigenvalue weighted by Crippen LogP contribution is -2.26. The van der Waals surface area contributed by atoms with Crippen molar-refractivity contribution in [2.24, 2.45) is 5.41 Å². The molecule has 1 fully saturated rings. The largest absolute Gasteiger partial charge is 0.0593 e. The highest BCUT2D eigenvalue weighted by molar-refractivity contribution is 5.38. The second-order valence-electron chi connectivity index (χ2n) is 9.82. The number of rotatable bonds is 2. The summed E-state index contributed by atoms with van der Waals surface area (Å²) >= 11 is 0. The van der Waals surface area contributed by atoms with Gasteiger partial charge in [-0.2, -0.15) is 0 Å². The molecule has 0 bridgehead atoms. The van der Waals surface area contributed by atoms with Crippen LogP contribution >= 0.6 is 0 Å². The van der Waals surface area contributed by atoms with Crippen molar-refractivity contribution in [2.45, 2.75) is 97.8 Å². The van der Waals surface area contributed by atoms with Crippen molar-refractivity contribution in [3.05, 3.63) is 34.9 Å². The minimum atomic E-state index is 0.168. The van der Waals surface area contributed by atoms with Gasteiger partial charge < -0.3 is 0 Å². The summed E-state index contributed by atoms with van der Waals surface area (Å²) in [7, 11) is 0. The average Bonchev–Trinajstić information content (AvgIpc) is 2.36. The molecule has 1 aromatic carbocycles. The van der Waals surface area contributed by atoms with Gasteiger partial charge in [-0.25, -0.2) is 0 Å². The second kappa shape index (κ2) is 6.02. The second-order valence-corrected chi connectivity index (χ2v) is 9.82. The van der Waals surface area contributed by atoms with Crippen molar-refractivity contribution in [3.8, 4) is 0 Å². The van der Waals surface area contributed by atoms with Gasteiger partial charge in [0.05, 0.1) is 0 Å². The van der Waals surface area contributed by atoms with Gasteiger partial charge in [0.2, 0.25) is 0 Å². The molecule has 22 heavy (non-hydrogen) atoms. The van der Waals surface area contributed by atoms with E-state index in [1.54, 1.807) is 0 Å². The molecule has 0 heterocycles. The van der Waals surface area contributed by atoms with E-state index in [0.717, 1.165) is 0 Å². The third-order valence-electron chi connectivity index (χ3n) is 5.27. The molecule has 0 atom stereocenters. The van der Waals surface area contributed by atoms with Gasteiger partial charge in [-0.3, -0.25) is 0 Å². The molecule has 0 unspecified atom stereocenters. The molecular weight excluding hydrogens is 264 g/mol. The van der Waals surface area contributed by atoms with Gasteiger partial charge in [0.15, 0.2) is 0 Å². The summed E-state index contributed by atoms with van der Waals surface area (Å²) in [5.41, 5.74) is 5.15. The fourth-order valence-corrected chi connectivity index (χ4v) is 3.82. The van der Waals surface area contributed by atoms with E-state index in [4.69, 9.17) is 0 Å². The fourth-order valence-electron chi connectivity index (χ4n) is 3.82. The van der Waals surface area contributed by atoms with Gasteiger partial charge in [-0.1, -0.05) is 79.9 Å². The van der Waals surface area contributed by atoms with Crippen LogP contribution in [0.4, 0.5) is 0 Å². The van der Waals surface area contributed by atoms with E-state index < -0.39 is 0 Å². The first kappa shape index (κ1) is 17.6. The van der Waals surface area contributed by atoms with Crippen LogP contribution in [0.1, 0.15) is 97.3 Å². The van der Waals surface area contributed by atoms with Crippen molar-refractivity contribution >= 4 is 0 Å². The Hall–Kier alpha value is -0.780. The smallest absolute Gasteiger partial charge is 0.0100 e. The number of benzene rings is 1. The van der Waals surface area contributed by atoms with Crippen LogP contribution in [0.25, 0.3) is 0 Å². The molecule has 0 spiro atoms. The van der Waals surface area contributed by atoms with Crippen LogP contribution in [-0.2, 0) is 17.3 Å². The molecule has 1 aromatic rings. The zero-order chi connectivity index (χ0) is 16.6. The van der Waals surface area contributed by atoms with Crippen LogP contribution < -0.4 is 0 Å². The predicted molar refractivity (Wildman–Crippen MR) is 97.6 cm³/mol. The van der Waals surface area contributed by atoms with Crippen molar-refractivity contribution in [1.82, 2.24) is 0 Å². The summed E-state index contributed by atoms with van der Waals surface area (Å²) in [4.78, 5) is 0. The van der Waals surface area contributed by atoms with Crippen molar-refractivity contribution in [3.63, 3.8) is 0 Å². The Bertz CT molecular complexity index is 502. The van der Waals surface area contributed by atoms with E-state index in [1.165, 1.54) is 55.2 Å². The summed E-state index contributed by atoms with van der Waals surface area (Å²) in [6, 6.07) is 8.52. The third kappa shape index (κ3) is 4.15. The van der Waals surface area contributed by atoms with E-state index in [1.807, 2.05) is 0 Å². The van der Waals surface area contributed by atoms with E-state index in [2.05, 4.69) is 66.7 Å². The Labute approximate surface area is 138 Å². The Balaban J connectivity index is 2.38. The first-order valence-corrected chi connectivity index (χ1v) is 9.07. The summed E-state index contributed by atoms with van der Waals surface area (Å²) in [6.07, 6.45) is 8.24. The number of hydrogen-bond donors (Lipinski definition) is 0. The first-order valence-electron chi connectivity index (χ1n) is 9.07. The van der Waals surface area contributed by atoms with Crippen LogP contribution in [0.3, 0.4) is 0 Å². The van der Waals surface area contributed by atoms with Gasteiger partial charge in [0.1, 0.15) is 0 Å². The van der Waals surface area contributed by atoms with E-state index in [9.17, 15) is 0 Å². The molecule has 123 valence electrons. The third-order valence-corrected chi connectivity index (χ3v) is 5.27. The molecule has 0 nitrogen and oxygen atoms in total. The van der Waals surface area contributed by atoms with Crippen molar-refractivity contribution in [1.29, 1.82) is 0 Å². The fraction of sp³-hybridized carbons (Fsp3) is 0.727. The molecule has 1 saturated carbocycles. The molecular formula is C22H35. The van der Waals surface area contributed by atoms with E-state index in [-0.39, 0.29) is 10.8 Å². The maximum absolute atomic E-state index is 3.80. The van der Waals surface area contributed by atoms with Gasteiger partial charge >= 0.3 is 0 Å². The molecule has 0 heteroatoms. The highest BCUT2D eigenvalue weighted by Crippen LogP contribution is 2.41. The van der Waals surface area contributed by atoms with Crippen LogP contribution in [0, 0.1) is 11.5 Å². The molecule has 0 saturated heterocycles. The lowest BCUT2D eigenvalue weighted by molar-refractivity contribution is 0.214. The summed E-state index contributed by atoms with van der Waals surface area (Å²) < 4.78 is 0. The standard InChI is InChI=1S/C22H35/c1-20(2,3)18-12-11-17(19(15-18)21(4,5)6)16-22(7)13-9-8-10-14-22/h11-12H,8-10,13-14,16H2,1-7H3. The Kier molecular flexibility index (Phi) is 4.81. The molecule has 0 aliphatic heterocycles. The Morgan fingerprint density at radius 1 is 0.909 bits per heavy atom. The molecule has 0 amide bonds. The summed E-state index contributed by atoms with van der Waals surface area (Å²) in [5, 5.41) is 0. The van der Waals surface area contributed by atoms with Gasteiger partial charge in [-0.15, -0.1) is 0 Å². The van der Waals surface area contributed by atoms with Crippen LogP contribution in [0.5, 0.6) is 0 Å². The van der Waals surface area contributed by atoms with Gasteiger partial charge in [-0.05, 0) is 58.3 Å². The van der Waals surface area contributed by atoms with Gasteiger partial charge in [0.25, 0.3) is 0 Å². The Morgan fingerprint density at radius 3 is 2.00 bits per heavy atom. The quantitative estimate of drug-likeness (QED) is 0.577. The SMILES string of the molecule is CC1(Cc2ccc(C(C)(C)C)[c]c2C(C)(C)C)CCCCC1. The lowest BCUT2D eigenvalue weighted by atomic mass is 9.69. The van der Waals surface area contributed by atoms with Crippen LogP contribution in [-0.4, -0.2) is 0 Å². The molecule has 0 aromatic heterocycles. The zero-order valence-electron chi connectivity index (χ0n) is 15.9. The summed E-state index contributed by atoms with van der Waals surface area (Å²) in [6.45, 7) is 16.3. The van der Waals surface area contributed by atoms with Crippen molar-refractivity contribution < 1.29 is 0 Å². The lowest BCUT2D eigenvalue weighted by Gasteiger charge is -2.36. The molecule has 1 aliphatic carbocycles. The normalized spacial score (nSPS) is 19.2. The first-order chi connectivity index (χ1) is 10.0. The highest BCUT2D eigenvalue weighted by Gasteiger charge is 2.30. The van der Waals surface area contributed by atoms with Crippen molar-refractivity contribution in [2.75, 3.05) is 0 Å². The maximum atomic E-state index is 3.80. The molecule has 0 N–H and O–H groups in total. The maximum Gasteiger partial charge on any atom is -0.0100 e. The predicted octanol–water partition coefficient (Wildman–Crippen LogP) is 6.59. The van der Waals surface area contributed by atoms with E-state index in [0.29, 0.717) is 5.41 Å². The highest BCUT2D eigenvalue weighted by atomic mass is 14.3. The minimum Gasteiger partial charge on any atom is -0.0593 e. The molecule has 1 radical (unpaired) electrons. The number of hydrogen-bond acceptors (Lipinski definition) is 0. The molecule has 1 aliphatic rings. The molecule has 2 rings (SSSR count). The minimum absolute atomic E-state index is 0.168. The summed E-state index contributed by atoms with van der Waals surface area (Å²) in [5.74, 6) is 0. The topological polar surface area (TPSA) is 0 Å². The zero-order valence-corrected chi connectivity index (χ0v) is 15.9. The van der Waals surface area contributed by atoms with Crippen LogP contribution in [0.2, 0.25) is 0 Å². The van der Waals surface area contributed by atoms with Crippen LogP contribution in [0.15, 0.2) is 12.1 Å². The monoisotopic (exact) mass is 299 g/mol. The Morgan fingerprint density at radius 2 is 1.50 bits per heavy atom.